The van der Waals surface area contributed by atoms with Crippen LogP contribution in [0, 0.1) is 11.8 Å². The normalized spacial score (nSPS) is 18.5. The summed E-state index contributed by atoms with van der Waals surface area (Å²) in [7, 11) is 3.77. The summed E-state index contributed by atoms with van der Waals surface area (Å²) in [6, 6.07) is 12.1. The maximum atomic E-state index is 5.69. The van der Waals surface area contributed by atoms with Gasteiger partial charge >= 0.3 is 0 Å². The second kappa shape index (κ2) is 6.10. The number of methoxy groups -OCH3 is 1. The van der Waals surface area contributed by atoms with Crippen molar-refractivity contribution in [3.05, 3.63) is 53.1 Å². The van der Waals surface area contributed by atoms with Gasteiger partial charge in [0.2, 0.25) is 12.5 Å². The quantitative estimate of drug-likeness (QED) is 0.756. The van der Waals surface area contributed by atoms with E-state index in [1.54, 1.807) is 7.11 Å². The van der Waals surface area contributed by atoms with E-state index in [1.165, 1.54) is 5.56 Å². The van der Waals surface area contributed by atoms with Crippen molar-refractivity contribution < 1.29 is 14.2 Å². The van der Waals surface area contributed by atoms with Crippen LogP contribution >= 0.6 is 0 Å². The Morgan fingerprint density at radius 3 is 2.83 bits per heavy atom. The lowest BCUT2D eigenvalue weighted by atomic mass is 9.91. The first-order valence-electron chi connectivity index (χ1n) is 8.04. The van der Waals surface area contributed by atoms with Gasteiger partial charge in [0.05, 0.1) is 7.11 Å². The predicted octanol–water partition coefficient (Wildman–Crippen LogP) is 3.00. The minimum absolute atomic E-state index is 0.0293. The molecule has 4 heteroatoms. The van der Waals surface area contributed by atoms with Crippen LogP contribution in [0.5, 0.6) is 17.2 Å². The molecular weight excluding hydrogens is 302 g/mol. The highest BCUT2D eigenvalue weighted by Gasteiger charge is 2.33. The molecule has 0 bridgehead atoms. The number of ether oxygens (including phenoxy) is 3. The fourth-order valence-corrected chi connectivity index (χ4v) is 3.29. The molecule has 0 aromatic heterocycles. The molecule has 2 aromatic carbocycles. The molecule has 0 N–H and O–H groups in total. The average molecular weight is 321 g/mol. The summed E-state index contributed by atoms with van der Waals surface area (Å²) in [5, 5.41) is 0. The van der Waals surface area contributed by atoms with Crippen LogP contribution in [0.25, 0.3) is 0 Å². The second-order valence-corrected chi connectivity index (χ2v) is 5.98. The van der Waals surface area contributed by atoms with Crippen molar-refractivity contribution in [2.45, 2.75) is 12.5 Å². The van der Waals surface area contributed by atoms with Gasteiger partial charge in [-0.3, -0.25) is 4.90 Å². The van der Waals surface area contributed by atoms with Gasteiger partial charge in [-0.1, -0.05) is 30.0 Å². The number of nitrogens with zero attached hydrogens (tertiary/aromatic N) is 1. The van der Waals surface area contributed by atoms with E-state index in [0.717, 1.165) is 35.6 Å². The second-order valence-electron chi connectivity index (χ2n) is 5.98. The number of hydrogen-bond acceptors (Lipinski definition) is 4. The van der Waals surface area contributed by atoms with Crippen LogP contribution in [-0.2, 0) is 6.42 Å². The fraction of sp³-hybridized carbons (Fsp3) is 0.300. The first-order chi connectivity index (χ1) is 11.8. The van der Waals surface area contributed by atoms with Crippen molar-refractivity contribution in [2.24, 2.45) is 0 Å². The van der Waals surface area contributed by atoms with E-state index in [-0.39, 0.29) is 12.8 Å². The summed E-state index contributed by atoms with van der Waals surface area (Å²) in [6.07, 6.45) is 0.947. The summed E-state index contributed by atoms with van der Waals surface area (Å²) in [6.45, 7) is 1.19. The first kappa shape index (κ1) is 14.9. The third-order valence-corrected chi connectivity index (χ3v) is 4.52. The van der Waals surface area contributed by atoms with Gasteiger partial charge in [0.15, 0.2) is 11.5 Å². The minimum atomic E-state index is -0.0293. The van der Waals surface area contributed by atoms with Gasteiger partial charge in [0.1, 0.15) is 6.04 Å². The van der Waals surface area contributed by atoms with Crippen molar-refractivity contribution in [3.8, 4) is 29.1 Å². The van der Waals surface area contributed by atoms with E-state index in [9.17, 15) is 0 Å². The van der Waals surface area contributed by atoms with Crippen molar-refractivity contribution in [2.75, 3.05) is 27.5 Å². The van der Waals surface area contributed by atoms with Gasteiger partial charge in [-0.15, -0.1) is 0 Å². The largest absolute Gasteiger partial charge is 0.492 e. The maximum absolute atomic E-state index is 5.69. The molecule has 2 aliphatic rings. The van der Waals surface area contributed by atoms with Crippen LogP contribution in [0.4, 0.5) is 0 Å². The van der Waals surface area contributed by atoms with Crippen LogP contribution in [0.3, 0.4) is 0 Å². The topological polar surface area (TPSA) is 30.9 Å². The Bertz CT molecular complexity index is 820. The zero-order valence-electron chi connectivity index (χ0n) is 13.8. The molecule has 0 amide bonds. The van der Waals surface area contributed by atoms with Crippen molar-refractivity contribution >= 4 is 0 Å². The SMILES string of the molecule is COc1c2c(cc3c1[C@@H](C#Cc1ccccc1)N(C)CC3)OCO2. The Labute approximate surface area is 141 Å². The zero-order valence-corrected chi connectivity index (χ0v) is 13.8. The van der Waals surface area contributed by atoms with Gasteiger partial charge < -0.3 is 14.2 Å². The number of rotatable bonds is 1. The van der Waals surface area contributed by atoms with Gasteiger partial charge in [-0.2, -0.15) is 0 Å². The lowest BCUT2D eigenvalue weighted by molar-refractivity contribution is 0.171. The minimum Gasteiger partial charge on any atom is -0.492 e. The van der Waals surface area contributed by atoms with E-state index < -0.39 is 0 Å². The summed E-state index contributed by atoms with van der Waals surface area (Å²) >= 11 is 0. The van der Waals surface area contributed by atoms with Crippen molar-refractivity contribution in [1.82, 2.24) is 4.90 Å². The molecule has 0 unspecified atom stereocenters. The Kier molecular flexibility index (Phi) is 3.79. The summed E-state index contributed by atoms with van der Waals surface area (Å²) < 4.78 is 16.9. The molecule has 0 saturated carbocycles. The Balaban J connectivity index is 1.82. The molecule has 2 aromatic rings. The molecule has 0 radical (unpaired) electrons. The highest BCUT2D eigenvalue weighted by atomic mass is 16.7. The molecule has 0 fully saturated rings. The monoisotopic (exact) mass is 321 g/mol. The number of fused-ring (bicyclic) bond motifs is 2. The third-order valence-electron chi connectivity index (χ3n) is 4.52. The number of likely N-dealkylation sites (N-methyl/N-ethyl adjacent to an activating group) is 1. The molecule has 2 aliphatic heterocycles. The van der Waals surface area contributed by atoms with Gasteiger partial charge in [0, 0.05) is 17.7 Å². The fourth-order valence-electron chi connectivity index (χ4n) is 3.29. The zero-order chi connectivity index (χ0) is 16.5. The van der Waals surface area contributed by atoms with Crippen molar-refractivity contribution in [1.29, 1.82) is 0 Å². The number of benzene rings is 2. The van der Waals surface area contributed by atoms with Crippen LogP contribution < -0.4 is 14.2 Å². The lowest BCUT2D eigenvalue weighted by Gasteiger charge is -2.32. The molecule has 4 nitrogen and oxygen atoms in total. The summed E-state index contributed by atoms with van der Waals surface area (Å²) in [4.78, 5) is 2.25. The Morgan fingerprint density at radius 2 is 2.04 bits per heavy atom. The Morgan fingerprint density at radius 1 is 1.21 bits per heavy atom. The maximum Gasteiger partial charge on any atom is 0.231 e. The molecule has 0 spiro atoms. The van der Waals surface area contributed by atoms with E-state index in [0.29, 0.717) is 5.75 Å². The molecule has 4 rings (SSSR count). The van der Waals surface area contributed by atoms with Gasteiger partial charge in [0.25, 0.3) is 0 Å². The van der Waals surface area contributed by atoms with Crippen LogP contribution in [-0.4, -0.2) is 32.4 Å². The summed E-state index contributed by atoms with van der Waals surface area (Å²) in [5.41, 5.74) is 3.33. The predicted molar refractivity (Wildman–Crippen MR) is 91.5 cm³/mol. The van der Waals surface area contributed by atoms with E-state index >= 15 is 0 Å². The van der Waals surface area contributed by atoms with Crippen LogP contribution in [0.1, 0.15) is 22.7 Å². The molecule has 122 valence electrons. The van der Waals surface area contributed by atoms with E-state index in [1.807, 2.05) is 30.3 Å². The van der Waals surface area contributed by atoms with E-state index in [4.69, 9.17) is 14.2 Å². The highest BCUT2D eigenvalue weighted by molar-refractivity contribution is 5.63. The number of hydrogen-bond donors (Lipinski definition) is 0. The molecular formula is C20H19NO3. The van der Waals surface area contributed by atoms with Crippen LogP contribution in [0.2, 0.25) is 0 Å². The molecule has 24 heavy (non-hydrogen) atoms. The van der Waals surface area contributed by atoms with E-state index in [2.05, 4.69) is 29.9 Å². The van der Waals surface area contributed by atoms with Gasteiger partial charge in [-0.25, -0.2) is 0 Å². The third kappa shape index (κ3) is 2.47. The molecule has 0 aliphatic carbocycles. The lowest BCUT2D eigenvalue weighted by Crippen LogP contribution is -2.31. The first-order valence-corrected chi connectivity index (χ1v) is 8.04. The standard InChI is InChI=1S/C20H19NO3/c1-21-11-10-15-12-17-19(24-13-23-17)20(22-2)18(15)16(21)9-8-14-6-4-3-5-7-14/h3-7,12,16H,10-11,13H2,1-2H3/t16-/m1/s1. The van der Waals surface area contributed by atoms with Gasteiger partial charge in [-0.05, 0) is 37.2 Å². The van der Waals surface area contributed by atoms with Crippen molar-refractivity contribution in [3.63, 3.8) is 0 Å². The Hall–Kier alpha value is -2.64. The smallest absolute Gasteiger partial charge is 0.231 e. The highest BCUT2D eigenvalue weighted by Crippen LogP contribution is 2.49. The molecule has 0 saturated heterocycles. The van der Waals surface area contributed by atoms with Crippen LogP contribution in [0.15, 0.2) is 36.4 Å². The summed E-state index contributed by atoms with van der Waals surface area (Å²) in [5.74, 6) is 8.90. The molecule has 1 atom stereocenters. The molecule has 2 heterocycles. The average Bonchev–Trinajstić information content (AvgIpc) is 3.08.